The van der Waals surface area contributed by atoms with Crippen LogP contribution in [0.1, 0.15) is 124 Å². The van der Waals surface area contributed by atoms with Crippen LogP contribution in [0, 0.1) is 0 Å². The van der Waals surface area contributed by atoms with Gasteiger partial charge in [0.25, 0.3) is 0 Å². The highest BCUT2D eigenvalue weighted by Gasteiger charge is 2.05. The predicted molar refractivity (Wildman–Crippen MR) is 133 cm³/mol. The van der Waals surface area contributed by atoms with Crippen LogP contribution in [0.4, 0.5) is 0 Å². The molecule has 174 valence electrons. The van der Waals surface area contributed by atoms with Gasteiger partial charge in [-0.1, -0.05) is 77.6 Å². The van der Waals surface area contributed by atoms with E-state index in [1.54, 1.807) is 0 Å². The lowest BCUT2D eigenvalue weighted by atomic mass is 10.0. The van der Waals surface area contributed by atoms with Gasteiger partial charge in [0, 0.05) is 19.0 Å². The number of carbonyl (C=O) groups is 1. The Balaban J connectivity index is 3.19. The van der Waals surface area contributed by atoms with Crippen LogP contribution >= 0.6 is 12.6 Å². The number of unbranched alkanes of at least 4 members (excludes halogenated alkanes) is 13. The van der Waals surface area contributed by atoms with Crippen LogP contribution in [-0.4, -0.2) is 42.2 Å². The number of hydrogen-bond donors (Lipinski definition) is 2. The summed E-state index contributed by atoms with van der Waals surface area (Å²) in [5, 5.41) is 3.00. The van der Waals surface area contributed by atoms with Gasteiger partial charge in [-0.2, -0.15) is 12.6 Å². The van der Waals surface area contributed by atoms with Gasteiger partial charge in [-0.15, -0.1) is 0 Å². The molecule has 4 heteroatoms. The highest BCUT2D eigenvalue weighted by Crippen LogP contribution is 2.13. The maximum Gasteiger partial charge on any atom is 0.219 e. The molecular weight excluding hydrogens is 376 g/mol. The molecule has 0 spiro atoms. The number of amides is 1. The zero-order valence-electron chi connectivity index (χ0n) is 20.0. The summed E-state index contributed by atoms with van der Waals surface area (Å²) in [6.45, 7) is 10.1. The van der Waals surface area contributed by atoms with Gasteiger partial charge < -0.3 is 10.2 Å². The van der Waals surface area contributed by atoms with Crippen molar-refractivity contribution < 1.29 is 4.79 Å². The summed E-state index contributed by atoms with van der Waals surface area (Å²) in [5.41, 5.74) is 0. The second kappa shape index (κ2) is 22.5. The third-order valence-electron chi connectivity index (χ3n) is 5.89. The van der Waals surface area contributed by atoms with Gasteiger partial charge in [0.05, 0.1) is 0 Å². The second-order valence-electron chi connectivity index (χ2n) is 8.85. The molecule has 0 aromatic heterocycles. The Labute approximate surface area is 188 Å². The first kappa shape index (κ1) is 28.8. The van der Waals surface area contributed by atoms with Crippen molar-refractivity contribution in [3.05, 3.63) is 0 Å². The van der Waals surface area contributed by atoms with E-state index in [0.29, 0.717) is 12.5 Å². The van der Waals surface area contributed by atoms with Crippen LogP contribution in [0.2, 0.25) is 0 Å². The number of rotatable bonds is 22. The number of hydrogen-bond acceptors (Lipinski definition) is 3. The van der Waals surface area contributed by atoms with Crippen LogP contribution < -0.4 is 5.32 Å². The lowest BCUT2D eigenvalue weighted by Gasteiger charge is -2.24. The molecular formula is C25H52N2OS. The molecule has 0 radical (unpaired) electrons. The summed E-state index contributed by atoms with van der Waals surface area (Å²) in [4.78, 5) is 14.2. The topological polar surface area (TPSA) is 32.3 Å². The van der Waals surface area contributed by atoms with Crippen molar-refractivity contribution in [1.29, 1.82) is 0 Å². The lowest BCUT2D eigenvalue weighted by Crippen LogP contribution is -2.31. The molecule has 0 rings (SSSR count). The van der Waals surface area contributed by atoms with Gasteiger partial charge in [0.2, 0.25) is 5.91 Å². The minimum Gasteiger partial charge on any atom is -0.356 e. The Hall–Kier alpha value is -0.220. The molecule has 0 aromatic carbocycles. The second-order valence-corrected chi connectivity index (χ2v) is 9.30. The first-order chi connectivity index (χ1) is 14.1. The van der Waals surface area contributed by atoms with E-state index in [9.17, 15) is 4.79 Å². The molecule has 0 fully saturated rings. The average molecular weight is 429 g/mol. The number of nitrogens with zero attached hydrogens (tertiary/aromatic N) is 1. The van der Waals surface area contributed by atoms with Gasteiger partial charge in [-0.3, -0.25) is 4.79 Å². The van der Waals surface area contributed by atoms with Crippen molar-refractivity contribution in [2.24, 2.45) is 0 Å². The largest absolute Gasteiger partial charge is 0.356 e. The van der Waals surface area contributed by atoms with Gasteiger partial charge in [0.15, 0.2) is 0 Å². The fourth-order valence-corrected chi connectivity index (χ4v) is 4.10. The third-order valence-corrected chi connectivity index (χ3v) is 6.21. The van der Waals surface area contributed by atoms with Crippen LogP contribution in [0.5, 0.6) is 0 Å². The van der Waals surface area contributed by atoms with Crippen molar-refractivity contribution >= 4 is 18.5 Å². The smallest absolute Gasteiger partial charge is 0.219 e. The highest BCUT2D eigenvalue weighted by atomic mass is 32.1. The maximum absolute atomic E-state index is 11.7. The molecule has 0 atom stereocenters. The van der Waals surface area contributed by atoms with E-state index < -0.39 is 0 Å². The number of nitrogens with one attached hydrogen (secondary N) is 1. The average Bonchev–Trinajstić information content (AvgIpc) is 2.70. The number of thiol groups is 1. The summed E-state index contributed by atoms with van der Waals surface area (Å²) in [7, 11) is 0. The van der Waals surface area contributed by atoms with E-state index in [4.69, 9.17) is 0 Å². The Morgan fingerprint density at radius 3 is 1.69 bits per heavy atom. The van der Waals surface area contributed by atoms with E-state index >= 15 is 0 Å². The molecule has 1 N–H and O–H groups in total. The summed E-state index contributed by atoms with van der Waals surface area (Å²) in [6.07, 6.45) is 20.3. The van der Waals surface area contributed by atoms with E-state index in [0.717, 1.165) is 31.6 Å². The highest BCUT2D eigenvalue weighted by molar-refractivity contribution is 7.80. The van der Waals surface area contributed by atoms with E-state index in [1.165, 1.54) is 90.1 Å². The van der Waals surface area contributed by atoms with Crippen LogP contribution in [0.25, 0.3) is 0 Å². The van der Waals surface area contributed by atoms with Crippen LogP contribution in [-0.2, 0) is 4.79 Å². The molecule has 0 aliphatic heterocycles. The Morgan fingerprint density at radius 2 is 1.24 bits per heavy atom. The molecule has 0 aliphatic rings. The van der Waals surface area contributed by atoms with Crippen LogP contribution in [0.3, 0.4) is 0 Å². The first-order valence-electron chi connectivity index (χ1n) is 12.7. The Kier molecular flexibility index (Phi) is 22.3. The molecule has 1 amide bonds. The molecule has 0 aromatic rings. The third kappa shape index (κ3) is 20.8. The SMILES string of the molecule is CCN(CCCCCCCCCCCCCCCC(=O)NCCCCS)C(C)C. The predicted octanol–water partition coefficient (Wildman–Crippen LogP) is 7.00. The Bertz CT molecular complexity index is 350. The molecule has 0 aliphatic carbocycles. The van der Waals surface area contributed by atoms with E-state index in [2.05, 4.69) is 43.6 Å². The van der Waals surface area contributed by atoms with Crippen molar-refractivity contribution in [2.45, 2.75) is 130 Å². The molecule has 29 heavy (non-hydrogen) atoms. The minimum absolute atomic E-state index is 0.228. The zero-order chi connectivity index (χ0) is 21.6. The standard InChI is InChI=1S/C25H52N2OS/c1-4-27(24(2)3)22-18-15-13-11-9-7-5-6-8-10-12-14-16-20-25(28)26-21-17-19-23-29/h24,29H,4-23H2,1-3H3,(H,26,28). The quantitative estimate of drug-likeness (QED) is 0.144. The minimum atomic E-state index is 0.228. The van der Waals surface area contributed by atoms with E-state index in [-0.39, 0.29) is 5.91 Å². The maximum atomic E-state index is 11.7. The van der Waals surface area contributed by atoms with Crippen molar-refractivity contribution in [3.63, 3.8) is 0 Å². The molecule has 0 unspecified atom stereocenters. The Morgan fingerprint density at radius 1 is 0.759 bits per heavy atom. The molecule has 0 bridgehead atoms. The summed E-state index contributed by atoms with van der Waals surface area (Å²) >= 11 is 4.18. The molecule has 0 saturated carbocycles. The van der Waals surface area contributed by atoms with Crippen molar-refractivity contribution in [1.82, 2.24) is 10.2 Å². The van der Waals surface area contributed by atoms with Gasteiger partial charge >= 0.3 is 0 Å². The van der Waals surface area contributed by atoms with E-state index in [1.807, 2.05) is 0 Å². The zero-order valence-corrected chi connectivity index (χ0v) is 20.9. The molecule has 0 heterocycles. The fraction of sp³-hybridized carbons (Fsp3) is 0.960. The first-order valence-corrected chi connectivity index (χ1v) is 13.4. The van der Waals surface area contributed by atoms with Crippen molar-refractivity contribution in [2.75, 3.05) is 25.4 Å². The van der Waals surface area contributed by atoms with Gasteiger partial charge in [-0.05, 0) is 58.4 Å². The van der Waals surface area contributed by atoms with Gasteiger partial charge in [-0.25, -0.2) is 0 Å². The monoisotopic (exact) mass is 428 g/mol. The number of carbonyl (C=O) groups excluding carboxylic acids is 1. The summed E-state index contributed by atoms with van der Waals surface area (Å²) in [5.74, 6) is 1.14. The molecule has 0 saturated heterocycles. The van der Waals surface area contributed by atoms with Gasteiger partial charge in [0.1, 0.15) is 0 Å². The summed E-state index contributed by atoms with van der Waals surface area (Å²) in [6, 6.07) is 0.692. The summed E-state index contributed by atoms with van der Waals surface area (Å²) < 4.78 is 0. The normalized spacial score (nSPS) is 11.5. The molecule has 3 nitrogen and oxygen atoms in total. The fourth-order valence-electron chi connectivity index (χ4n) is 3.88. The lowest BCUT2D eigenvalue weighted by molar-refractivity contribution is -0.121. The van der Waals surface area contributed by atoms with Crippen LogP contribution in [0.15, 0.2) is 0 Å². The van der Waals surface area contributed by atoms with Crippen molar-refractivity contribution in [3.8, 4) is 0 Å².